The summed E-state index contributed by atoms with van der Waals surface area (Å²) in [6.45, 7) is 0.781. The van der Waals surface area contributed by atoms with Crippen LogP contribution in [0, 0.1) is 0 Å². The van der Waals surface area contributed by atoms with Crippen molar-refractivity contribution in [2.45, 2.75) is 32.0 Å². The van der Waals surface area contributed by atoms with Gasteiger partial charge >= 0.3 is 0 Å². The van der Waals surface area contributed by atoms with Gasteiger partial charge in [-0.25, -0.2) is 14.3 Å². The summed E-state index contributed by atoms with van der Waals surface area (Å²) in [6, 6.07) is 4.83. The average molecular weight is 392 g/mol. The number of carbonyl (C=O) groups excluding carboxylic acids is 3. The van der Waals surface area contributed by atoms with Crippen molar-refractivity contribution >= 4 is 17.7 Å². The fourth-order valence-electron chi connectivity index (χ4n) is 3.66. The van der Waals surface area contributed by atoms with Crippen LogP contribution in [-0.4, -0.2) is 58.4 Å². The van der Waals surface area contributed by atoms with E-state index in [0.29, 0.717) is 36.5 Å². The molecule has 11 nitrogen and oxygen atoms in total. The van der Waals surface area contributed by atoms with Crippen LogP contribution in [0.5, 0.6) is 0 Å². The monoisotopic (exact) mass is 392 g/mol. The molecule has 0 radical (unpaired) electrons. The van der Waals surface area contributed by atoms with Gasteiger partial charge < -0.3 is 4.90 Å². The quantitative estimate of drug-likeness (QED) is 0.602. The van der Waals surface area contributed by atoms with Gasteiger partial charge in [-0.3, -0.25) is 19.7 Å². The molecular formula is C18H16N8O3. The minimum Gasteiger partial charge on any atom is -0.322 e. The van der Waals surface area contributed by atoms with Crippen LogP contribution < -0.4 is 5.32 Å². The Morgan fingerprint density at radius 1 is 1.21 bits per heavy atom. The van der Waals surface area contributed by atoms with Gasteiger partial charge in [0, 0.05) is 18.5 Å². The summed E-state index contributed by atoms with van der Waals surface area (Å²) in [6.07, 6.45) is 5.38. The third kappa shape index (κ3) is 3.06. The molecule has 2 aromatic heterocycles. The van der Waals surface area contributed by atoms with Gasteiger partial charge in [-0.15, -0.1) is 5.10 Å². The van der Waals surface area contributed by atoms with Crippen molar-refractivity contribution in [1.82, 2.24) is 40.0 Å². The van der Waals surface area contributed by atoms with Crippen LogP contribution in [0.2, 0.25) is 0 Å². The zero-order valence-corrected chi connectivity index (χ0v) is 15.2. The Labute approximate surface area is 164 Å². The van der Waals surface area contributed by atoms with Gasteiger partial charge in [-0.2, -0.15) is 5.10 Å². The van der Waals surface area contributed by atoms with Gasteiger partial charge in [0.1, 0.15) is 24.4 Å². The van der Waals surface area contributed by atoms with Crippen molar-refractivity contribution in [1.29, 1.82) is 0 Å². The van der Waals surface area contributed by atoms with E-state index in [2.05, 4.69) is 25.7 Å². The normalized spacial score (nSPS) is 18.8. The second kappa shape index (κ2) is 6.62. The minimum absolute atomic E-state index is 0.223. The number of hydrogen-bond acceptors (Lipinski definition) is 7. The van der Waals surface area contributed by atoms with Crippen molar-refractivity contribution < 1.29 is 14.4 Å². The Bertz CT molecular complexity index is 1120. The highest BCUT2D eigenvalue weighted by atomic mass is 16.2. The van der Waals surface area contributed by atoms with Crippen molar-refractivity contribution in [2.24, 2.45) is 0 Å². The lowest BCUT2D eigenvalue weighted by Crippen LogP contribution is -2.52. The third-order valence-electron chi connectivity index (χ3n) is 5.11. The molecule has 29 heavy (non-hydrogen) atoms. The molecule has 3 amide bonds. The van der Waals surface area contributed by atoms with Gasteiger partial charge in [0.25, 0.3) is 5.91 Å². The summed E-state index contributed by atoms with van der Waals surface area (Å²) < 4.78 is 3.23. The molecular weight excluding hydrogens is 376 g/mol. The standard InChI is InChI=1S/C18H16N8O3/c27-16-4-3-15(17(28)21-16)25-6-11-1-2-13(5-14(11)18(25)29)26-8-12(22-23-26)7-24-10-19-9-20-24/h1-2,5,8-10,15H,3-4,6-7H2,(H,21,27,28). The second-order valence-electron chi connectivity index (χ2n) is 6.99. The van der Waals surface area contributed by atoms with E-state index in [4.69, 9.17) is 0 Å². The van der Waals surface area contributed by atoms with Crippen LogP contribution in [-0.2, 0) is 22.7 Å². The van der Waals surface area contributed by atoms with E-state index in [-0.39, 0.29) is 18.2 Å². The number of benzene rings is 1. The van der Waals surface area contributed by atoms with E-state index in [0.717, 1.165) is 5.56 Å². The first-order chi connectivity index (χ1) is 14.1. The predicted molar refractivity (Wildman–Crippen MR) is 96.5 cm³/mol. The molecule has 2 aliphatic heterocycles. The van der Waals surface area contributed by atoms with Gasteiger partial charge in [-0.05, 0) is 24.1 Å². The molecule has 0 saturated carbocycles. The van der Waals surface area contributed by atoms with Crippen LogP contribution in [0.25, 0.3) is 5.69 Å². The Balaban J connectivity index is 1.37. The zero-order chi connectivity index (χ0) is 20.0. The minimum atomic E-state index is -0.628. The number of fused-ring (bicyclic) bond motifs is 1. The Morgan fingerprint density at radius 3 is 2.90 bits per heavy atom. The molecule has 1 N–H and O–H groups in total. The van der Waals surface area contributed by atoms with Gasteiger partial charge in [-0.1, -0.05) is 11.3 Å². The molecule has 1 unspecified atom stereocenters. The number of nitrogens with one attached hydrogen (secondary N) is 1. The molecule has 1 saturated heterocycles. The molecule has 146 valence electrons. The van der Waals surface area contributed by atoms with Crippen molar-refractivity contribution in [3.05, 3.63) is 53.9 Å². The maximum atomic E-state index is 12.9. The molecule has 2 aliphatic rings. The highest BCUT2D eigenvalue weighted by molar-refractivity contribution is 6.05. The summed E-state index contributed by atoms with van der Waals surface area (Å²) in [4.78, 5) is 41.9. The lowest BCUT2D eigenvalue weighted by molar-refractivity contribution is -0.136. The molecule has 3 aromatic rings. The molecule has 4 heterocycles. The first kappa shape index (κ1) is 17.2. The molecule has 5 rings (SSSR count). The number of nitrogens with zero attached hydrogens (tertiary/aromatic N) is 7. The third-order valence-corrected chi connectivity index (χ3v) is 5.11. The van der Waals surface area contributed by atoms with Crippen LogP contribution in [0.15, 0.2) is 37.1 Å². The fraction of sp³-hybridized carbons (Fsp3) is 0.278. The summed E-state index contributed by atoms with van der Waals surface area (Å²) in [5, 5.41) is 14.6. The first-order valence-electron chi connectivity index (χ1n) is 9.10. The lowest BCUT2D eigenvalue weighted by Gasteiger charge is -2.29. The zero-order valence-electron chi connectivity index (χ0n) is 15.2. The van der Waals surface area contributed by atoms with E-state index in [1.807, 2.05) is 12.1 Å². The maximum Gasteiger partial charge on any atom is 0.255 e. The van der Waals surface area contributed by atoms with Crippen LogP contribution in [0.1, 0.15) is 34.5 Å². The van der Waals surface area contributed by atoms with Gasteiger partial charge in [0.15, 0.2) is 0 Å². The maximum absolute atomic E-state index is 12.9. The number of aromatic nitrogens is 6. The summed E-state index contributed by atoms with van der Waals surface area (Å²) in [7, 11) is 0. The van der Waals surface area contributed by atoms with Crippen LogP contribution in [0.4, 0.5) is 0 Å². The largest absolute Gasteiger partial charge is 0.322 e. The molecule has 0 spiro atoms. The summed E-state index contributed by atoms with van der Waals surface area (Å²) in [5.41, 5.74) is 2.76. The van der Waals surface area contributed by atoms with E-state index in [1.54, 1.807) is 28.0 Å². The van der Waals surface area contributed by atoms with E-state index in [1.165, 1.54) is 11.2 Å². The molecule has 1 atom stereocenters. The second-order valence-corrected chi connectivity index (χ2v) is 6.99. The number of hydrogen-bond donors (Lipinski definition) is 1. The molecule has 1 fully saturated rings. The lowest BCUT2D eigenvalue weighted by atomic mass is 10.0. The molecule has 1 aromatic carbocycles. The van der Waals surface area contributed by atoms with Gasteiger partial charge in [0.05, 0.1) is 18.4 Å². The van der Waals surface area contributed by atoms with Crippen molar-refractivity contribution in [2.75, 3.05) is 0 Å². The topological polar surface area (TPSA) is 128 Å². The number of imide groups is 1. The Morgan fingerprint density at radius 2 is 2.10 bits per heavy atom. The van der Waals surface area contributed by atoms with Crippen molar-refractivity contribution in [3.8, 4) is 5.69 Å². The molecule has 0 bridgehead atoms. The van der Waals surface area contributed by atoms with E-state index >= 15 is 0 Å². The SMILES string of the molecule is O=C1CCC(N2Cc3ccc(-n4cc(Cn5cncn5)nn4)cc3C2=O)C(=O)N1. The summed E-state index contributed by atoms with van der Waals surface area (Å²) >= 11 is 0. The van der Waals surface area contributed by atoms with E-state index < -0.39 is 11.9 Å². The highest BCUT2D eigenvalue weighted by Gasteiger charge is 2.39. The number of rotatable bonds is 4. The number of piperidine rings is 1. The first-order valence-corrected chi connectivity index (χ1v) is 9.10. The average Bonchev–Trinajstić information content (AvgIpc) is 3.44. The Hall–Kier alpha value is -3.89. The number of amides is 3. The molecule has 11 heteroatoms. The number of carbonyl (C=O) groups is 3. The van der Waals surface area contributed by atoms with Crippen LogP contribution in [0.3, 0.4) is 0 Å². The predicted octanol–water partition coefficient (Wildman–Crippen LogP) is -0.332. The molecule has 0 aliphatic carbocycles. The van der Waals surface area contributed by atoms with Gasteiger partial charge in [0.2, 0.25) is 11.8 Å². The Kier molecular flexibility index (Phi) is 3.93. The highest BCUT2D eigenvalue weighted by Crippen LogP contribution is 2.29. The van der Waals surface area contributed by atoms with E-state index in [9.17, 15) is 14.4 Å². The summed E-state index contributed by atoms with van der Waals surface area (Å²) in [5.74, 6) is -0.943. The fourth-order valence-corrected chi connectivity index (χ4v) is 3.66. The van der Waals surface area contributed by atoms with Crippen molar-refractivity contribution in [3.63, 3.8) is 0 Å². The smallest absolute Gasteiger partial charge is 0.255 e. The van der Waals surface area contributed by atoms with Crippen LogP contribution >= 0.6 is 0 Å².